The minimum Gasteiger partial charge on any atom is -0.368 e. The first-order valence-electron chi connectivity index (χ1n) is 10.7. The van der Waals surface area contributed by atoms with Crippen molar-refractivity contribution in [2.45, 2.75) is 13.5 Å². The number of fused-ring (bicyclic) bond motifs is 1. The topological polar surface area (TPSA) is 54.3 Å². The van der Waals surface area contributed by atoms with Gasteiger partial charge in [-0.15, -0.1) is 0 Å². The van der Waals surface area contributed by atoms with Crippen LogP contribution in [0.2, 0.25) is 5.02 Å². The van der Waals surface area contributed by atoms with Gasteiger partial charge < -0.3 is 14.4 Å². The number of rotatable bonds is 4. The third-order valence-electron chi connectivity index (χ3n) is 5.94. The molecule has 2 aromatic carbocycles. The first-order chi connectivity index (χ1) is 15.6. The molecule has 4 aromatic rings. The van der Waals surface area contributed by atoms with Gasteiger partial charge in [0, 0.05) is 49.3 Å². The Morgan fingerprint density at radius 2 is 1.59 bits per heavy atom. The van der Waals surface area contributed by atoms with E-state index in [2.05, 4.69) is 46.0 Å². The highest BCUT2D eigenvalue weighted by Crippen LogP contribution is 2.21. The predicted molar refractivity (Wildman–Crippen MR) is 130 cm³/mol. The maximum Gasteiger partial charge on any atom is 0.261 e. The summed E-state index contributed by atoms with van der Waals surface area (Å²) in [4.78, 5) is 26.7. The van der Waals surface area contributed by atoms with Gasteiger partial charge >= 0.3 is 0 Å². The molecule has 2 aromatic heterocycles. The smallest absolute Gasteiger partial charge is 0.261 e. The number of halogens is 1. The monoisotopic (exact) mass is 445 g/mol. The fourth-order valence-electron chi connectivity index (χ4n) is 4.04. The summed E-state index contributed by atoms with van der Waals surface area (Å²) in [7, 11) is 0. The van der Waals surface area contributed by atoms with Gasteiger partial charge in [0.1, 0.15) is 0 Å². The standard InChI is InChI=1S/C25H24ClN5O/c1-18-2-4-19(5-3-18)17-31-11-10-23-22(24(31)32)16-27-25(28-23)30-14-12-29(13-15-30)21-8-6-20(26)7-9-21/h2-11,16H,12-15,17H2,1H3. The van der Waals surface area contributed by atoms with Crippen LogP contribution in [0.3, 0.4) is 0 Å². The molecule has 3 heterocycles. The maximum absolute atomic E-state index is 13.0. The molecule has 0 unspecified atom stereocenters. The largest absolute Gasteiger partial charge is 0.368 e. The Morgan fingerprint density at radius 1 is 0.906 bits per heavy atom. The Morgan fingerprint density at radius 3 is 2.31 bits per heavy atom. The van der Waals surface area contributed by atoms with Crippen LogP contribution in [0.5, 0.6) is 0 Å². The summed E-state index contributed by atoms with van der Waals surface area (Å²) in [5.74, 6) is 0.670. The quantitative estimate of drug-likeness (QED) is 0.472. The molecule has 6 nitrogen and oxygen atoms in total. The second-order valence-corrected chi connectivity index (χ2v) is 8.59. The highest BCUT2D eigenvalue weighted by molar-refractivity contribution is 6.30. The molecule has 1 aliphatic heterocycles. The first-order valence-corrected chi connectivity index (χ1v) is 11.1. The maximum atomic E-state index is 13.0. The van der Waals surface area contributed by atoms with Crippen molar-refractivity contribution in [1.82, 2.24) is 14.5 Å². The van der Waals surface area contributed by atoms with Crippen molar-refractivity contribution >= 4 is 34.1 Å². The summed E-state index contributed by atoms with van der Waals surface area (Å²) >= 11 is 6.00. The lowest BCUT2D eigenvalue weighted by Gasteiger charge is -2.36. The summed E-state index contributed by atoms with van der Waals surface area (Å²) in [6.07, 6.45) is 3.48. The number of piperazine rings is 1. The third kappa shape index (κ3) is 4.18. The number of benzene rings is 2. The molecule has 0 atom stereocenters. The molecular formula is C25H24ClN5O. The van der Waals surface area contributed by atoms with Crippen molar-refractivity contribution < 1.29 is 0 Å². The average Bonchev–Trinajstić information content (AvgIpc) is 2.83. The molecule has 1 aliphatic rings. The summed E-state index contributed by atoms with van der Waals surface area (Å²) < 4.78 is 1.71. The van der Waals surface area contributed by atoms with Crippen LogP contribution in [0.25, 0.3) is 10.9 Å². The van der Waals surface area contributed by atoms with Crippen LogP contribution >= 0.6 is 11.6 Å². The van der Waals surface area contributed by atoms with E-state index >= 15 is 0 Å². The van der Waals surface area contributed by atoms with Gasteiger partial charge in [0.25, 0.3) is 5.56 Å². The van der Waals surface area contributed by atoms with Crippen molar-refractivity contribution in [2.24, 2.45) is 0 Å². The van der Waals surface area contributed by atoms with Gasteiger partial charge in [-0.05, 0) is 42.8 Å². The average molecular weight is 446 g/mol. The molecule has 162 valence electrons. The van der Waals surface area contributed by atoms with E-state index in [1.54, 1.807) is 10.8 Å². The van der Waals surface area contributed by atoms with Gasteiger partial charge in [-0.3, -0.25) is 4.79 Å². The first kappa shape index (κ1) is 20.5. The van der Waals surface area contributed by atoms with Crippen molar-refractivity contribution in [1.29, 1.82) is 0 Å². The van der Waals surface area contributed by atoms with Crippen molar-refractivity contribution in [3.63, 3.8) is 0 Å². The van der Waals surface area contributed by atoms with E-state index in [0.29, 0.717) is 23.4 Å². The van der Waals surface area contributed by atoms with Crippen LogP contribution < -0.4 is 15.4 Å². The molecule has 5 rings (SSSR count). The fraction of sp³-hybridized carbons (Fsp3) is 0.240. The van der Waals surface area contributed by atoms with Crippen LogP contribution in [0.15, 0.2) is 71.8 Å². The Balaban J connectivity index is 1.32. The van der Waals surface area contributed by atoms with Crippen LogP contribution in [-0.2, 0) is 6.54 Å². The molecule has 0 saturated carbocycles. The third-order valence-corrected chi connectivity index (χ3v) is 6.19. The summed E-state index contributed by atoms with van der Waals surface area (Å²) in [6.45, 7) is 5.97. The molecule has 0 bridgehead atoms. The van der Waals surface area contributed by atoms with Gasteiger partial charge in [-0.2, -0.15) is 0 Å². The van der Waals surface area contributed by atoms with Crippen molar-refractivity contribution in [3.05, 3.63) is 93.5 Å². The second kappa shape index (κ2) is 8.63. The zero-order valence-electron chi connectivity index (χ0n) is 17.9. The number of aromatic nitrogens is 3. The molecular weight excluding hydrogens is 422 g/mol. The lowest BCUT2D eigenvalue weighted by atomic mass is 10.1. The number of hydrogen-bond acceptors (Lipinski definition) is 5. The molecule has 1 saturated heterocycles. The van der Waals surface area contributed by atoms with Crippen molar-refractivity contribution in [3.8, 4) is 0 Å². The van der Waals surface area contributed by atoms with Gasteiger partial charge in [0.05, 0.1) is 17.4 Å². The Bertz CT molecular complexity index is 1290. The summed E-state index contributed by atoms with van der Waals surface area (Å²) in [6, 6.07) is 18.1. The van der Waals surface area contributed by atoms with Gasteiger partial charge in [0.2, 0.25) is 5.95 Å². The molecule has 32 heavy (non-hydrogen) atoms. The normalized spacial score (nSPS) is 14.2. The number of pyridine rings is 1. The van der Waals surface area contributed by atoms with Gasteiger partial charge in [-0.25, -0.2) is 9.97 Å². The highest BCUT2D eigenvalue weighted by Gasteiger charge is 2.20. The highest BCUT2D eigenvalue weighted by atomic mass is 35.5. The Hall–Kier alpha value is -3.38. The van der Waals surface area contributed by atoms with Crippen LogP contribution in [0.1, 0.15) is 11.1 Å². The molecule has 0 radical (unpaired) electrons. The lowest BCUT2D eigenvalue weighted by molar-refractivity contribution is 0.641. The summed E-state index contributed by atoms with van der Waals surface area (Å²) in [5.41, 5.74) is 4.08. The van der Waals surface area contributed by atoms with Crippen molar-refractivity contribution in [2.75, 3.05) is 36.0 Å². The fourth-order valence-corrected chi connectivity index (χ4v) is 4.17. The van der Waals surface area contributed by atoms with E-state index < -0.39 is 0 Å². The van der Waals surface area contributed by atoms with E-state index in [0.717, 1.165) is 36.8 Å². The van der Waals surface area contributed by atoms with E-state index in [-0.39, 0.29) is 5.56 Å². The molecule has 7 heteroatoms. The lowest BCUT2D eigenvalue weighted by Crippen LogP contribution is -2.47. The Kier molecular flexibility index (Phi) is 5.53. The second-order valence-electron chi connectivity index (χ2n) is 8.15. The molecule has 0 N–H and O–H groups in total. The number of hydrogen-bond donors (Lipinski definition) is 0. The number of aryl methyl sites for hydroxylation is 1. The molecule has 1 fully saturated rings. The summed E-state index contributed by atoms with van der Waals surface area (Å²) in [5, 5.41) is 1.29. The van der Waals surface area contributed by atoms with E-state index in [1.807, 2.05) is 36.5 Å². The zero-order chi connectivity index (χ0) is 22.1. The minimum atomic E-state index is -0.0674. The van der Waals surface area contributed by atoms with E-state index in [9.17, 15) is 4.79 Å². The Labute approximate surface area is 191 Å². The number of anilines is 2. The van der Waals surface area contributed by atoms with Crippen LogP contribution in [0.4, 0.5) is 11.6 Å². The molecule has 0 spiro atoms. The van der Waals surface area contributed by atoms with Gasteiger partial charge in [-0.1, -0.05) is 41.4 Å². The van der Waals surface area contributed by atoms with E-state index in [4.69, 9.17) is 16.6 Å². The molecule has 0 amide bonds. The SMILES string of the molecule is Cc1ccc(Cn2ccc3nc(N4CCN(c5ccc(Cl)cc5)CC4)ncc3c2=O)cc1. The van der Waals surface area contributed by atoms with Crippen LogP contribution in [-0.4, -0.2) is 40.7 Å². The van der Waals surface area contributed by atoms with Gasteiger partial charge in [0.15, 0.2) is 0 Å². The molecule has 0 aliphatic carbocycles. The zero-order valence-corrected chi connectivity index (χ0v) is 18.7. The van der Waals surface area contributed by atoms with Crippen LogP contribution in [0, 0.1) is 6.92 Å². The van der Waals surface area contributed by atoms with E-state index in [1.165, 1.54) is 11.3 Å². The predicted octanol–water partition coefficient (Wildman–Crippen LogP) is 4.13. The number of nitrogens with zero attached hydrogens (tertiary/aromatic N) is 5. The minimum absolute atomic E-state index is 0.0674.